The number of rotatable bonds is 3. The summed E-state index contributed by atoms with van der Waals surface area (Å²) in [6.07, 6.45) is -2.67. The maximum absolute atomic E-state index is 14.0. The Labute approximate surface area is 155 Å². The second-order valence-corrected chi connectivity index (χ2v) is 7.16. The highest BCUT2D eigenvalue weighted by Gasteiger charge is 2.63. The SMILES string of the molecule is Cn1c(=O)[nH]cc(C(=O)N2CCC(c3nc(C4CC4)no3)(C(F)(F)F)C2)c1=O. The minimum absolute atomic E-state index is 0.0195. The van der Waals surface area contributed by atoms with Gasteiger partial charge in [-0.1, -0.05) is 5.16 Å². The van der Waals surface area contributed by atoms with Crippen LogP contribution in [0.25, 0.3) is 0 Å². The fraction of sp³-hybridized carbons (Fsp3) is 0.562. The molecule has 12 heteroatoms. The van der Waals surface area contributed by atoms with Gasteiger partial charge in [0.1, 0.15) is 5.56 Å². The number of nitrogens with zero attached hydrogens (tertiary/aromatic N) is 4. The average molecular weight is 399 g/mol. The zero-order valence-electron chi connectivity index (χ0n) is 14.7. The van der Waals surface area contributed by atoms with Crippen LogP contribution in [0.2, 0.25) is 0 Å². The predicted molar refractivity (Wildman–Crippen MR) is 86.8 cm³/mol. The van der Waals surface area contributed by atoms with Crippen molar-refractivity contribution in [2.24, 2.45) is 7.05 Å². The van der Waals surface area contributed by atoms with E-state index in [0.29, 0.717) is 4.57 Å². The molecular weight excluding hydrogens is 383 g/mol. The van der Waals surface area contributed by atoms with Crippen molar-refractivity contribution in [1.82, 2.24) is 24.6 Å². The maximum atomic E-state index is 14.0. The van der Waals surface area contributed by atoms with E-state index in [1.807, 2.05) is 0 Å². The van der Waals surface area contributed by atoms with Gasteiger partial charge in [-0.15, -0.1) is 0 Å². The van der Waals surface area contributed by atoms with Gasteiger partial charge in [0.05, 0.1) is 0 Å². The Morgan fingerprint density at radius 2 is 2.07 bits per heavy atom. The highest BCUT2D eigenvalue weighted by atomic mass is 19.4. The summed E-state index contributed by atoms with van der Waals surface area (Å²) >= 11 is 0. The molecule has 1 amide bonds. The second-order valence-electron chi connectivity index (χ2n) is 7.16. The van der Waals surface area contributed by atoms with Crippen LogP contribution < -0.4 is 11.2 Å². The maximum Gasteiger partial charge on any atom is 0.405 e. The van der Waals surface area contributed by atoms with Crippen molar-refractivity contribution in [1.29, 1.82) is 0 Å². The molecule has 2 aliphatic rings. The Hall–Kier alpha value is -2.92. The van der Waals surface area contributed by atoms with Crippen LogP contribution in [0.15, 0.2) is 20.3 Å². The predicted octanol–water partition coefficient (Wildman–Crippen LogP) is 0.680. The molecule has 0 spiro atoms. The highest BCUT2D eigenvalue weighted by Crippen LogP contribution is 2.48. The molecule has 1 N–H and O–H groups in total. The summed E-state index contributed by atoms with van der Waals surface area (Å²) in [6, 6.07) is 0. The number of carbonyl (C=O) groups excluding carboxylic acids is 1. The number of nitrogens with one attached hydrogen (secondary N) is 1. The first kappa shape index (κ1) is 18.4. The fourth-order valence-electron chi connectivity index (χ4n) is 3.34. The summed E-state index contributed by atoms with van der Waals surface area (Å²) < 4.78 is 47.6. The number of hydrogen-bond acceptors (Lipinski definition) is 6. The van der Waals surface area contributed by atoms with E-state index < -0.39 is 53.2 Å². The van der Waals surface area contributed by atoms with Gasteiger partial charge < -0.3 is 14.4 Å². The van der Waals surface area contributed by atoms with E-state index in [2.05, 4.69) is 15.1 Å². The van der Waals surface area contributed by atoms with Gasteiger partial charge in [0.25, 0.3) is 11.5 Å². The Balaban J connectivity index is 1.67. The molecule has 1 aliphatic carbocycles. The number of amides is 1. The molecule has 2 aromatic heterocycles. The largest absolute Gasteiger partial charge is 0.405 e. The minimum Gasteiger partial charge on any atom is -0.338 e. The van der Waals surface area contributed by atoms with Crippen LogP contribution in [0.1, 0.15) is 47.3 Å². The quantitative estimate of drug-likeness (QED) is 0.812. The first-order valence-corrected chi connectivity index (χ1v) is 8.63. The van der Waals surface area contributed by atoms with Gasteiger partial charge in [0, 0.05) is 32.3 Å². The van der Waals surface area contributed by atoms with Crippen molar-refractivity contribution >= 4 is 5.91 Å². The van der Waals surface area contributed by atoms with Gasteiger partial charge in [-0.3, -0.25) is 14.2 Å². The van der Waals surface area contributed by atoms with Gasteiger partial charge in [-0.05, 0) is 19.3 Å². The molecule has 9 nitrogen and oxygen atoms in total. The molecule has 1 saturated heterocycles. The van der Waals surface area contributed by atoms with Crippen molar-refractivity contribution in [3.8, 4) is 0 Å². The smallest absolute Gasteiger partial charge is 0.338 e. The third-order valence-corrected chi connectivity index (χ3v) is 5.30. The number of aromatic amines is 1. The molecule has 1 unspecified atom stereocenters. The molecule has 1 saturated carbocycles. The molecule has 2 aromatic rings. The van der Waals surface area contributed by atoms with E-state index in [0.717, 1.165) is 23.9 Å². The van der Waals surface area contributed by atoms with E-state index >= 15 is 0 Å². The topological polar surface area (TPSA) is 114 Å². The normalized spacial score (nSPS) is 22.6. The van der Waals surface area contributed by atoms with Crippen LogP contribution in [0, 0.1) is 0 Å². The van der Waals surface area contributed by atoms with Crippen molar-refractivity contribution in [3.63, 3.8) is 0 Å². The van der Waals surface area contributed by atoms with Gasteiger partial charge in [0.15, 0.2) is 11.2 Å². The first-order valence-electron chi connectivity index (χ1n) is 8.63. The zero-order valence-corrected chi connectivity index (χ0v) is 14.7. The fourth-order valence-corrected chi connectivity index (χ4v) is 3.34. The molecule has 3 heterocycles. The number of carbonyl (C=O) groups is 1. The molecule has 0 bridgehead atoms. The van der Waals surface area contributed by atoms with E-state index in [4.69, 9.17) is 4.52 Å². The van der Waals surface area contributed by atoms with Crippen LogP contribution in [0.3, 0.4) is 0 Å². The number of H-pyrrole nitrogens is 1. The monoisotopic (exact) mass is 399 g/mol. The summed E-state index contributed by atoms with van der Waals surface area (Å²) in [4.78, 5) is 43.3. The molecule has 1 atom stereocenters. The van der Waals surface area contributed by atoms with Crippen molar-refractivity contribution in [2.45, 2.75) is 36.8 Å². The van der Waals surface area contributed by atoms with Crippen LogP contribution in [-0.4, -0.2) is 49.8 Å². The third kappa shape index (κ3) is 2.74. The Bertz CT molecular complexity index is 1050. The van der Waals surface area contributed by atoms with E-state index in [-0.39, 0.29) is 18.3 Å². The summed E-state index contributed by atoms with van der Waals surface area (Å²) in [6.45, 7) is -0.994. The number of hydrogen-bond donors (Lipinski definition) is 1. The van der Waals surface area contributed by atoms with Crippen LogP contribution in [0.5, 0.6) is 0 Å². The minimum atomic E-state index is -4.73. The highest BCUT2D eigenvalue weighted by molar-refractivity contribution is 5.93. The molecule has 0 aromatic carbocycles. The summed E-state index contributed by atoms with van der Waals surface area (Å²) in [5, 5.41) is 3.66. The lowest BCUT2D eigenvalue weighted by atomic mass is 9.86. The van der Waals surface area contributed by atoms with E-state index in [1.54, 1.807) is 0 Å². The lowest BCUT2D eigenvalue weighted by Gasteiger charge is -2.27. The summed E-state index contributed by atoms with van der Waals surface area (Å²) in [5.41, 5.74) is -4.52. The number of aromatic nitrogens is 4. The lowest BCUT2D eigenvalue weighted by Crippen LogP contribution is -2.47. The molecule has 2 fully saturated rings. The van der Waals surface area contributed by atoms with Gasteiger partial charge >= 0.3 is 11.9 Å². The Morgan fingerprint density at radius 3 is 2.71 bits per heavy atom. The zero-order chi connectivity index (χ0) is 20.3. The van der Waals surface area contributed by atoms with Gasteiger partial charge in [0.2, 0.25) is 5.89 Å². The van der Waals surface area contributed by atoms with Gasteiger partial charge in [-0.25, -0.2) is 4.79 Å². The van der Waals surface area contributed by atoms with E-state index in [9.17, 15) is 27.6 Å². The lowest BCUT2D eigenvalue weighted by molar-refractivity contribution is -0.193. The average Bonchev–Trinajstić information content (AvgIpc) is 3.18. The molecule has 28 heavy (non-hydrogen) atoms. The first-order chi connectivity index (χ1) is 13.1. The van der Waals surface area contributed by atoms with Crippen molar-refractivity contribution < 1.29 is 22.5 Å². The van der Waals surface area contributed by atoms with Gasteiger partial charge in [-0.2, -0.15) is 18.2 Å². The number of likely N-dealkylation sites (tertiary alicyclic amines) is 1. The molecule has 4 rings (SSSR count). The molecule has 1 aliphatic heterocycles. The van der Waals surface area contributed by atoms with Crippen LogP contribution in [-0.2, 0) is 12.5 Å². The van der Waals surface area contributed by atoms with Crippen LogP contribution in [0.4, 0.5) is 13.2 Å². The third-order valence-electron chi connectivity index (χ3n) is 5.30. The van der Waals surface area contributed by atoms with Crippen molar-refractivity contribution in [3.05, 3.63) is 44.3 Å². The summed E-state index contributed by atoms with van der Waals surface area (Å²) in [7, 11) is 1.17. The Kier molecular flexibility index (Phi) is 3.98. The Morgan fingerprint density at radius 1 is 1.36 bits per heavy atom. The van der Waals surface area contributed by atoms with Crippen LogP contribution >= 0.6 is 0 Å². The molecule has 0 radical (unpaired) electrons. The number of halogens is 3. The van der Waals surface area contributed by atoms with Crippen molar-refractivity contribution in [2.75, 3.05) is 13.1 Å². The summed E-state index contributed by atoms with van der Waals surface area (Å²) in [5.74, 6) is -1.19. The number of alkyl halides is 3. The van der Waals surface area contributed by atoms with E-state index in [1.165, 1.54) is 7.05 Å². The molecular formula is C16H16F3N5O4. The molecule has 150 valence electrons. The standard InChI is InChI=1S/C16H16F3N5O4/c1-23-11(25)9(6-20-14(23)27)12(26)24-5-4-15(7-24,16(17,18)19)13-21-10(22-28-13)8-2-3-8/h6,8H,2-5,7H2,1H3,(H,20,27). The second kappa shape index (κ2) is 6.04.